The van der Waals surface area contributed by atoms with Gasteiger partial charge in [-0.15, -0.1) is 0 Å². The average Bonchev–Trinajstić information content (AvgIpc) is 3.74. The molecule has 2 heterocycles. The van der Waals surface area contributed by atoms with Gasteiger partial charge >= 0.3 is 12.4 Å². The Morgan fingerprint density at radius 3 is 1.97 bits per heavy atom. The molecule has 2 aliphatic carbocycles. The minimum atomic E-state index is -4.87. The van der Waals surface area contributed by atoms with Gasteiger partial charge in [-0.2, -0.15) is 31.4 Å². The van der Waals surface area contributed by atoms with Gasteiger partial charge in [-0.3, -0.25) is 4.68 Å². The van der Waals surface area contributed by atoms with Crippen molar-refractivity contribution < 1.29 is 26.3 Å². The maximum atomic E-state index is 13.3. The Labute approximate surface area is 210 Å². The summed E-state index contributed by atoms with van der Waals surface area (Å²) in [5.41, 5.74) is -0.291. The van der Waals surface area contributed by atoms with Crippen LogP contribution in [0.4, 0.5) is 32.2 Å². The summed E-state index contributed by atoms with van der Waals surface area (Å²) >= 11 is 0. The normalized spacial score (nSPS) is 16.5. The number of nitrogens with zero attached hydrogens (tertiary/aromatic N) is 4. The van der Waals surface area contributed by atoms with E-state index >= 15 is 0 Å². The second-order valence-electron chi connectivity index (χ2n) is 10.4. The molecule has 5 nitrogen and oxygen atoms in total. The first-order valence-corrected chi connectivity index (χ1v) is 12.5. The van der Waals surface area contributed by atoms with Crippen LogP contribution in [-0.2, 0) is 32.5 Å². The molecule has 2 aliphatic rings. The molecule has 2 aromatic heterocycles. The number of halogens is 6. The van der Waals surface area contributed by atoms with Crippen molar-refractivity contribution >= 4 is 16.9 Å². The number of aryl methyl sites for hydroxylation is 2. The SMILES string of the molecule is Cc1nn(C)c2nc(N(CC3CC3)CC3CC3)c(CNCc3cc(C(F)(F)F)cc(C(F)(F)F)c3)cc12. The summed E-state index contributed by atoms with van der Waals surface area (Å²) in [6.07, 6.45) is -5.03. The summed E-state index contributed by atoms with van der Waals surface area (Å²) in [6.45, 7) is 3.76. The third kappa shape index (κ3) is 6.02. The van der Waals surface area contributed by atoms with Gasteiger partial charge in [0, 0.05) is 44.2 Å². The number of rotatable bonds is 9. The molecule has 0 saturated heterocycles. The number of hydrogen-bond acceptors (Lipinski definition) is 4. The first-order chi connectivity index (χ1) is 17.4. The lowest BCUT2D eigenvalue weighted by atomic mass is 10.0. The molecule has 0 aliphatic heterocycles. The molecule has 0 bridgehead atoms. The molecular formula is C26H29F6N5. The summed E-state index contributed by atoms with van der Waals surface area (Å²) in [6, 6.07) is 3.68. The second-order valence-corrected chi connectivity index (χ2v) is 10.4. The lowest BCUT2D eigenvalue weighted by Crippen LogP contribution is -2.31. The third-order valence-electron chi connectivity index (χ3n) is 7.00. The zero-order chi connectivity index (χ0) is 26.5. The van der Waals surface area contributed by atoms with Crippen LogP contribution in [0.1, 0.15) is 53.6 Å². The fourth-order valence-electron chi connectivity index (χ4n) is 4.71. The summed E-state index contributed by atoms with van der Waals surface area (Å²) in [5.74, 6) is 2.05. The van der Waals surface area contributed by atoms with Gasteiger partial charge in [0.05, 0.1) is 16.8 Å². The molecule has 1 N–H and O–H groups in total. The second kappa shape index (κ2) is 9.49. The van der Waals surface area contributed by atoms with Crippen LogP contribution in [0.5, 0.6) is 0 Å². The van der Waals surface area contributed by atoms with Crippen molar-refractivity contribution in [3.05, 3.63) is 52.2 Å². The summed E-state index contributed by atoms with van der Waals surface area (Å²) in [7, 11) is 1.84. The predicted molar refractivity (Wildman–Crippen MR) is 128 cm³/mol. The molecule has 0 atom stereocenters. The molecule has 0 unspecified atom stereocenters. The van der Waals surface area contributed by atoms with Crippen molar-refractivity contribution in [3.8, 4) is 0 Å². The fraction of sp³-hybridized carbons (Fsp3) is 0.538. The molecule has 200 valence electrons. The number of hydrogen-bond donors (Lipinski definition) is 1. The average molecular weight is 526 g/mol. The van der Waals surface area contributed by atoms with Crippen LogP contribution in [0.3, 0.4) is 0 Å². The monoisotopic (exact) mass is 525 g/mol. The highest BCUT2D eigenvalue weighted by Crippen LogP contribution is 2.38. The van der Waals surface area contributed by atoms with Crippen molar-refractivity contribution in [1.29, 1.82) is 0 Å². The van der Waals surface area contributed by atoms with Crippen LogP contribution >= 0.6 is 0 Å². The number of nitrogens with one attached hydrogen (secondary N) is 1. The fourth-order valence-corrected chi connectivity index (χ4v) is 4.71. The molecule has 1 aromatic carbocycles. The van der Waals surface area contributed by atoms with Crippen LogP contribution in [0.15, 0.2) is 24.3 Å². The van der Waals surface area contributed by atoms with Gasteiger partial charge in [0.1, 0.15) is 5.82 Å². The van der Waals surface area contributed by atoms with E-state index < -0.39 is 23.5 Å². The van der Waals surface area contributed by atoms with E-state index in [1.165, 1.54) is 25.7 Å². The molecule has 37 heavy (non-hydrogen) atoms. The van der Waals surface area contributed by atoms with E-state index in [1.54, 1.807) is 4.68 Å². The minimum Gasteiger partial charge on any atom is -0.356 e. The highest BCUT2D eigenvalue weighted by atomic mass is 19.4. The van der Waals surface area contributed by atoms with Crippen LogP contribution in [0.2, 0.25) is 0 Å². The Balaban J connectivity index is 1.43. The number of pyridine rings is 1. The molecule has 0 spiro atoms. The van der Waals surface area contributed by atoms with E-state index in [4.69, 9.17) is 4.98 Å². The van der Waals surface area contributed by atoms with E-state index in [0.717, 1.165) is 53.3 Å². The first-order valence-electron chi connectivity index (χ1n) is 12.5. The van der Waals surface area contributed by atoms with Gasteiger partial charge < -0.3 is 10.2 Å². The van der Waals surface area contributed by atoms with E-state index in [0.29, 0.717) is 11.8 Å². The maximum Gasteiger partial charge on any atom is 0.416 e. The lowest BCUT2D eigenvalue weighted by molar-refractivity contribution is -0.143. The van der Waals surface area contributed by atoms with Crippen LogP contribution < -0.4 is 10.2 Å². The Morgan fingerprint density at radius 1 is 0.892 bits per heavy atom. The smallest absolute Gasteiger partial charge is 0.356 e. The minimum absolute atomic E-state index is 0.0805. The Morgan fingerprint density at radius 2 is 1.46 bits per heavy atom. The van der Waals surface area contributed by atoms with Crippen molar-refractivity contribution in [2.75, 3.05) is 18.0 Å². The van der Waals surface area contributed by atoms with Gasteiger partial charge in [-0.25, -0.2) is 4.98 Å². The predicted octanol–water partition coefficient (Wildman–Crippen LogP) is 6.23. The maximum absolute atomic E-state index is 13.3. The standard InChI is InChI=1S/C26H29F6N5/c1-15-22-9-19(12-33-11-18-7-20(25(27,28)29)10-21(8-18)26(30,31)32)23(34-24(22)36(2)35-15)37(13-16-3-4-16)14-17-5-6-17/h7-10,16-17,33H,3-6,11-14H2,1-2H3. The van der Waals surface area contributed by atoms with Crippen LogP contribution in [0.25, 0.3) is 11.0 Å². The van der Waals surface area contributed by atoms with E-state index in [1.807, 2.05) is 20.0 Å². The van der Waals surface area contributed by atoms with Crippen molar-refractivity contribution in [3.63, 3.8) is 0 Å². The first kappa shape index (κ1) is 25.8. The topological polar surface area (TPSA) is 46.0 Å². The zero-order valence-electron chi connectivity index (χ0n) is 20.7. The molecular weight excluding hydrogens is 496 g/mol. The zero-order valence-corrected chi connectivity index (χ0v) is 20.7. The van der Waals surface area contributed by atoms with Crippen molar-refractivity contribution in [2.24, 2.45) is 18.9 Å². The molecule has 2 fully saturated rings. The Hall–Kier alpha value is -2.82. The van der Waals surface area contributed by atoms with Crippen LogP contribution in [-0.4, -0.2) is 27.9 Å². The lowest BCUT2D eigenvalue weighted by Gasteiger charge is -2.26. The van der Waals surface area contributed by atoms with E-state index in [2.05, 4.69) is 15.3 Å². The molecule has 3 aromatic rings. The van der Waals surface area contributed by atoms with E-state index in [-0.39, 0.29) is 24.7 Å². The van der Waals surface area contributed by atoms with E-state index in [9.17, 15) is 26.3 Å². The van der Waals surface area contributed by atoms with Gasteiger partial charge in [-0.05, 0) is 74.3 Å². The molecule has 5 rings (SSSR count). The molecule has 11 heteroatoms. The number of anilines is 1. The van der Waals surface area contributed by atoms with Gasteiger partial charge in [-0.1, -0.05) is 0 Å². The summed E-state index contributed by atoms with van der Waals surface area (Å²) < 4.78 is 81.3. The molecule has 0 radical (unpaired) electrons. The highest BCUT2D eigenvalue weighted by molar-refractivity contribution is 5.81. The van der Waals surface area contributed by atoms with Crippen molar-refractivity contribution in [1.82, 2.24) is 20.1 Å². The van der Waals surface area contributed by atoms with Crippen LogP contribution in [0, 0.1) is 18.8 Å². The molecule has 2 saturated carbocycles. The highest BCUT2D eigenvalue weighted by Gasteiger charge is 2.37. The van der Waals surface area contributed by atoms with Gasteiger partial charge in [0.15, 0.2) is 5.65 Å². The number of aromatic nitrogens is 3. The van der Waals surface area contributed by atoms with Crippen molar-refractivity contribution in [2.45, 2.75) is 58.0 Å². The van der Waals surface area contributed by atoms with Gasteiger partial charge in [0.25, 0.3) is 0 Å². The number of benzene rings is 1. The summed E-state index contributed by atoms with van der Waals surface area (Å²) in [5, 5.41) is 8.42. The quantitative estimate of drug-likeness (QED) is 0.337. The summed E-state index contributed by atoms with van der Waals surface area (Å²) in [4.78, 5) is 7.27. The Bertz CT molecular complexity index is 1240. The number of alkyl halides is 6. The Kier molecular flexibility index (Phi) is 6.62. The van der Waals surface area contributed by atoms with Gasteiger partial charge in [0.2, 0.25) is 0 Å². The largest absolute Gasteiger partial charge is 0.416 e. The molecule has 0 amide bonds. The number of fused-ring (bicyclic) bond motifs is 1. The third-order valence-corrected chi connectivity index (χ3v) is 7.00.